The van der Waals surface area contributed by atoms with Gasteiger partial charge in [-0.3, -0.25) is 0 Å². The molecule has 0 aliphatic carbocycles. The van der Waals surface area contributed by atoms with Crippen molar-refractivity contribution in [2.24, 2.45) is 0 Å². The van der Waals surface area contributed by atoms with Gasteiger partial charge in [-0.2, -0.15) is 0 Å². The molecular formula is C11H12O4. The van der Waals surface area contributed by atoms with Gasteiger partial charge in [0.1, 0.15) is 11.5 Å². The molecule has 0 saturated heterocycles. The molecule has 0 aromatic heterocycles. The maximum absolute atomic E-state index is 11.3. The normalized spacial score (nSPS) is 17.9. The average molecular weight is 208 g/mol. The van der Waals surface area contributed by atoms with Gasteiger partial charge in [-0.15, -0.1) is 0 Å². The quantitative estimate of drug-likeness (QED) is 0.684. The third kappa shape index (κ3) is 1.75. The first-order valence-corrected chi connectivity index (χ1v) is 4.66. The van der Waals surface area contributed by atoms with E-state index in [4.69, 9.17) is 9.47 Å². The molecule has 0 amide bonds. The molecule has 1 aliphatic rings. The van der Waals surface area contributed by atoms with Gasteiger partial charge in [0, 0.05) is 12.0 Å². The van der Waals surface area contributed by atoms with E-state index in [1.165, 1.54) is 7.11 Å². The zero-order chi connectivity index (χ0) is 10.8. The van der Waals surface area contributed by atoms with Crippen LogP contribution < -0.4 is 9.47 Å². The second kappa shape index (κ2) is 3.81. The number of carbonyl (C=O) groups is 1. The molecule has 0 fully saturated rings. The Balaban J connectivity index is 2.20. The predicted octanol–water partition coefficient (Wildman–Crippen LogP) is 1.17. The lowest BCUT2D eigenvalue weighted by Crippen LogP contribution is -2.26. The lowest BCUT2D eigenvalue weighted by Gasteiger charge is -2.06. The van der Waals surface area contributed by atoms with Crippen molar-refractivity contribution in [1.29, 1.82) is 0 Å². The number of hydrogen-bond acceptors (Lipinski definition) is 4. The van der Waals surface area contributed by atoms with Crippen LogP contribution in [0.4, 0.5) is 0 Å². The summed E-state index contributed by atoms with van der Waals surface area (Å²) < 4.78 is 15.1. The van der Waals surface area contributed by atoms with E-state index in [0.717, 1.165) is 17.1 Å². The van der Waals surface area contributed by atoms with Crippen LogP contribution >= 0.6 is 0 Å². The van der Waals surface area contributed by atoms with Gasteiger partial charge in [-0.25, -0.2) is 4.79 Å². The minimum Gasteiger partial charge on any atom is -0.497 e. The SMILES string of the molecule is COC(=O)C1Cc2cc(OC)ccc2O1. The maximum atomic E-state index is 11.3. The number of methoxy groups -OCH3 is 2. The van der Waals surface area contributed by atoms with E-state index >= 15 is 0 Å². The van der Waals surface area contributed by atoms with Crippen LogP contribution in [0.2, 0.25) is 0 Å². The fourth-order valence-corrected chi connectivity index (χ4v) is 1.61. The molecule has 1 unspecified atom stereocenters. The summed E-state index contributed by atoms with van der Waals surface area (Å²) in [6.45, 7) is 0. The van der Waals surface area contributed by atoms with Crippen molar-refractivity contribution in [3.63, 3.8) is 0 Å². The summed E-state index contributed by atoms with van der Waals surface area (Å²) in [5.74, 6) is 1.15. The van der Waals surface area contributed by atoms with Crippen molar-refractivity contribution in [3.05, 3.63) is 23.8 Å². The van der Waals surface area contributed by atoms with Crippen LogP contribution in [0.3, 0.4) is 0 Å². The summed E-state index contributed by atoms with van der Waals surface area (Å²) in [5.41, 5.74) is 0.977. The van der Waals surface area contributed by atoms with Crippen LogP contribution in [0.15, 0.2) is 18.2 Å². The molecule has 1 aromatic rings. The second-order valence-corrected chi connectivity index (χ2v) is 3.31. The molecule has 0 saturated carbocycles. The van der Waals surface area contributed by atoms with E-state index < -0.39 is 6.10 Å². The smallest absolute Gasteiger partial charge is 0.347 e. The van der Waals surface area contributed by atoms with E-state index in [0.29, 0.717) is 6.42 Å². The van der Waals surface area contributed by atoms with Crippen molar-refractivity contribution in [2.45, 2.75) is 12.5 Å². The molecule has 1 atom stereocenters. The zero-order valence-corrected chi connectivity index (χ0v) is 8.65. The lowest BCUT2D eigenvalue weighted by atomic mass is 10.1. The highest BCUT2D eigenvalue weighted by Gasteiger charge is 2.29. The molecule has 4 heteroatoms. The number of esters is 1. The van der Waals surface area contributed by atoms with E-state index in [-0.39, 0.29) is 5.97 Å². The Labute approximate surface area is 87.8 Å². The number of carbonyl (C=O) groups excluding carboxylic acids is 1. The summed E-state index contributed by atoms with van der Waals surface area (Å²) >= 11 is 0. The zero-order valence-electron chi connectivity index (χ0n) is 8.65. The summed E-state index contributed by atoms with van der Waals surface area (Å²) in [4.78, 5) is 11.3. The summed E-state index contributed by atoms with van der Waals surface area (Å²) in [6.07, 6.45) is 0.0243. The van der Waals surface area contributed by atoms with E-state index in [1.54, 1.807) is 19.2 Å². The Morgan fingerprint density at radius 2 is 2.27 bits per heavy atom. The Bertz CT molecular complexity index is 386. The van der Waals surface area contributed by atoms with Gasteiger partial charge >= 0.3 is 5.97 Å². The Hall–Kier alpha value is -1.71. The van der Waals surface area contributed by atoms with Crippen molar-refractivity contribution in [3.8, 4) is 11.5 Å². The van der Waals surface area contributed by atoms with E-state index in [9.17, 15) is 4.79 Å². The van der Waals surface area contributed by atoms with Gasteiger partial charge in [-0.1, -0.05) is 0 Å². The lowest BCUT2D eigenvalue weighted by molar-refractivity contribution is -0.147. The minimum atomic E-state index is -0.517. The number of fused-ring (bicyclic) bond motifs is 1. The Kier molecular flexibility index (Phi) is 2.49. The third-order valence-corrected chi connectivity index (χ3v) is 2.41. The first-order valence-electron chi connectivity index (χ1n) is 4.66. The summed E-state index contributed by atoms with van der Waals surface area (Å²) in [5, 5.41) is 0. The Morgan fingerprint density at radius 3 is 2.93 bits per heavy atom. The highest BCUT2D eigenvalue weighted by molar-refractivity contribution is 5.76. The van der Waals surface area contributed by atoms with Crippen molar-refractivity contribution >= 4 is 5.97 Å². The fraction of sp³-hybridized carbons (Fsp3) is 0.364. The predicted molar refractivity (Wildman–Crippen MR) is 53.1 cm³/mol. The van der Waals surface area contributed by atoms with Crippen LogP contribution in [0, 0.1) is 0 Å². The first kappa shape index (κ1) is 9.83. The standard InChI is InChI=1S/C11H12O4/c1-13-8-3-4-9-7(5-8)6-10(15-9)11(12)14-2/h3-5,10H,6H2,1-2H3. The molecule has 1 aromatic carbocycles. The fourth-order valence-electron chi connectivity index (χ4n) is 1.61. The molecule has 0 bridgehead atoms. The molecule has 0 radical (unpaired) electrons. The van der Waals surface area contributed by atoms with E-state index in [1.807, 2.05) is 6.07 Å². The van der Waals surface area contributed by atoms with Gasteiger partial charge in [0.15, 0.2) is 6.10 Å². The van der Waals surface area contributed by atoms with Gasteiger partial charge in [0.05, 0.1) is 14.2 Å². The summed E-state index contributed by atoms with van der Waals surface area (Å²) in [6, 6.07) is 5.48. The third-order valence-electron chi connectivity index (χ3n) is 2.41. The van der Waals surface area contributed by atoms with Crippen molar-refractivity contribution in [2.75, 3.05) is 14.2 Å². The highest BCUT2D eigenvalue weighted by Crippen LogP contribution is 2.32. The average Bonchev–Trinajstić information content (AvgIpc) is 2.70. The molecule has 4 nitrogen and oxygen atoms in total. The van der Waals surface area contributed by atoms with Gasteiger partial charge in [-0.05, 0) is 18.2 Å². The minimum absolute atomic E-state index is 0.342. The van der Waals surface area contributed by atoms with Gasteiger partial charge in [0.2, 0.25) is 0 Å². The van der Waals surface area contributed by atoms with Crippen LogP contribution in [0.25, 0.3) is 0 Å². The molecule has 1 aliphatic heterocycles. The van der Waals surface area contributed by atoms with Crippen molar-refractivity contribution in [1.82, 2.24) is 0 Å². The van der Waals surface area contributed by atoms with Gasteiger partial charge in [0.25, 0.3) is 0 Å². The number of benzene rings is 1. The molecule has 0 spiro atoms. The molecule has 80 valence electrons. The molecule has 1 heterocycles. The van der Waals surface area contributed by atoms with Crippen LogP contribution in [0.5, 0.6) is 11.5 Å². The van der Waals surface area contributed by atoms with Crippen molar-refractivity contribution < 1.29 is 19.0 Å². The molecule has 2 rings (SSSR count). The first-order chi connectivity index (χ1) is 7.24. The topological polar surface area (TPSA) is 44.8 Å². The van der Waals surface area contributed by atoms with Crippen LogP contribution in [0.1, 0.15) is 5.56 Å². The Morgan fingerprint density at radius 1 is 1.47 bits per heavy atom. The second-order valence-electron chi connectivity index (χ2n) is 3.31. The largest absolute Gasteiger partial charge is 0.497 e. The maximum Gasteiger partial charge on any atom is 0.347 e. The number of ether oxygens (including phenoxy) is 3. The van der Waals surface area contributed by atoms with Gasteiger partial charge < -0.3 is 14.2 Å². The monoisotopic (exact) mass is 208 g/mol. The molecular weight excluding hydrogens is 196 g/mol. The van der Waals surface area contributed by atoms with Crippen LogP contribution in [-0.4, -0.2) is 26.3 Å². The highest BCUT2D eigenvalue weighted by atomic mass is 16.6. The summed E-state index contributed by atoms with van der Waals surface area (Å²) in [7, 11) is 2.96. The van der Waals surface area contributed by atoms with E-state index in [2.05, 4.69) is 4.74 Å². The number of hydrogen-bond donors (Lipinski definition) is 0. The van der Waals surface area contributed by atoms with Crippen LogP contribution in [-0.2, 0) is 16.0 Å². The number of rotatable bonds is 2. The molecule has 15 heavy (non-hydrogen) atoms. The molecule has 0 N–H and O–H groups in total.